The molecule has 0 aliphatic heterocycles. The topological polar surface area (TPSA) is 118 Å². The van der Waals surface area contributed by atoms with Crippen LogP contribution in [0.1, 0.15) is 69.5 Å². The van der Waals surface area contributed by atoms with E-state index in [1.54, 1.807) is 13.8 Å². The highest BCUT2D eigenvalue weighted by Gasteiger charge is 2.38. The second-order valence-corrected chi connectivity index (χ2v) is 4.39. The van der Waals surface area contributed by atoms with E-state index in [0.29, 0.717) is 0 Å². The van der Waals surface area contributed by atoms with E-state index in [0.717, 1.165) is 0 Å². The lowest BCUT2D eigenvalue weighted by atomic mass is 10.1. The molecule has 0 aromatic carbocycles. The summed E-state index contributed by atoms with van der Waals surface area (Å²) >= 11 is 0. The van der Waals surface area contributed by atoms with Crippen molar-refractivity contribution in [2.24, 2.45) is 0 Å². The highest BCUT2D eigenvalue weighted by molar-refractivity contribution is 6.14. The van der Waals surface area contributed by atoms with Gasteiger partial charge in [-0.3, -0.25) is 0 Å². The summed E-state index contributed by atoms with van der Waals surface area (Å²) in [5.41, 5.74) is -1.05. The Hall–Kier alpha value is -2.84. The first-order valence-corrected chi connectivity index (χ1v) is 7.77. The van der Waals surface area contributed by atoms with E-state index in [9.17, 15) is 19.2 Å². The fourth-order valence-corrected chi connectivity index (χ4v) is 1.91. The molecule has 0 bridgehead atoms. The standard InChI is InChI=1S/C16H20O9/c1-5-21-13(17)9-10(14(18)22-6-2)12(16(20)24-8-4)25-11(9)15(19)23-7-3/h5-8H2,1-4H3. The predicted octanol–water partition coefficient (Wildman–Crippen LogP) is 1.99. The van der Waals surface area contributed by atoms with Crippen LogP contribution in [-0.2, 0) is 18.9 Å². The minimum absolute atomic E-state index is 0.00865. The van der Waals surface area contributed by atoms with Crippen molar-refractivity contribution in [2.45, 2.75) is 27.7 Å². The van der Waals surface area contributed by atoms with Crippen molar-refractivity contribution in [3.05, 3.63) is 22.6 Å². The number of carbonyl (C=O) groups excluding carboxylic acids is 4. The Labute approximate surface area is 144 Å². The van der Waals surface area contributed by atoms with E-state index >= 15 is 0 Å². The summed E-state index contributed by atoms with van der Waals surface area (Å²) in [7, 11) is 0. The summed E-state index contributed by atoms with van der Waals surface area (Å²) in [5, 5.41) is 0. The first-order chi connectivity index (χ1) is 11.9. The van der Waals surface area contributed by atoms with Crippen LogP contribution in [0, 0.1) is 0 Å². The fraction of sp³-hybridized carbons (Fsp3) is 0.500. The molecular formula is C16H20O9. The van der Waals surface area contributed by atoms with Gasteiger partial charge in [-0.25, -0.2) is 19.2 Å². The molecule has 9 nitrogen and oxygen atoms in total. The third-order valence-electron chi connectivity index (χ3n) is 2.79. The van der Waals surface area contributed by atoms with E-state index in [4.69, 9.17) is 23.4 Å². The first kappa shape index (κ1) is 20.2. The van der Waals surface area contributed by atoms with Gasteiger partial charge in [0.15, 0.2) is 0 Å². The smallest absolute Gasteiger partial charge is 0.375 e. The Morgan fingerprint density at radius 1 is 0.600 bits per heavy atom. The van der Waals surface area contributed by atoms with Crippen LogP contribution in [0.2, 0.25) is 0 Å². The van der Waals surface area contributed by atoms with Crippen LogP contribution in [0.25, 0.3) is 0 Å². The quantitative estimate of drug-likeness (QED) is 0.509. The summed E-state index contributed by atoms with van der Waals surface area (Å²) in [4.78, 5) is 48.6. The van der Waals surface area contributed by atoms with Crippen molar-refractivity contribution in [1.82, 2.24) is 0 Å². The highest BCUT2D eigenvalue weighted by Crippen LogP contribution is 2.27. The Morgan fingerprint density at radius 3 is 1.16 bits per heavy atom. The molecule has 0 N–H and O–H groups in total. The third-order valence-corrected chi connectivity index (χ3v) is 2.79. The van der Waals surface area contributed by atoms with Gasteiger partial charge in [-0.05, 0) is 27.7 Å². The van der Waals surface area contributed by atoms with E-state index in [-0.39, 0.29) is 26.4 Å². The molecule has 0 aliphatic rings. The number of rotatable bonds is 8. The maximum absolute atomic E-state index is 12.2. The van der Waals surface area contributed by atoms with Crippen molar-refractivity contribution in [3.63, 3.8) is 0 Å². The van der Waals surface area contributed by atoms with Gasteiger partial charge in [0.2, 0.25) is 11.5 Å². The molecule has 25 heavy (non-hydrogen) atoms. The largest absolute Gasteiger partial charge is 0.462 e. The van der Waals surface area contributed by atoms with Gasteiger partial charge in [0, 0.05) is 0 Å². The van der Waals surface area contributed by atoms with Crippen molar-refractivity contribution in [3.8, 4) is 0 Å². The molecule has 0 aliphatic carbocycles. The maximum atomic E-state index is 12.2. The lowest BCUT2D eigenvalue weighted by molar-refractivity contribution is 0.0429. The first-order valence-electron chi connectivity index (χ1n) is 7.77. The monoisotopic (exact) mass is 356 g/mol. The Kier molecular flexibility index (Phi) is 7.64. The number of hydrogen-bond acceptors (Lipinski definition) is 9. The zero-order chi connectivity index (χ0) is 19.0. The Bertz CT molecular complexity index is 602. The molecule has 0 amide bonds. The number of carbonyl (C=O) groups is 4. The molecular weight excluding hydrogens is 336 g/mol. The maximum Gasteiger partial charge on any atom is 0.375 e. The molecule has 0 radical (unpaired) electrons. The lowest BCUT2D eigenvalue weighted by Gasteiger charge is -2.06. The molecule has 1 heterocycles. The molecule has 9 heteroatoms. The zero-order valence-electron chi connectivity index (χ0n) is 14.5. The summed E-state index contributed by atoms with van der Waals surface area (Å²) in [6, 6.07) is 0. The number of esters is 4. The van der Waals surface area contributed by atoms with Crippen LogP contribution in [0.3, 0.4) is 0 Å². The Balaban J connectivity index is 3.63. The van der Waals surface area contributed by atoms with E-state index < -0.39 is 46.5 Å². The molecule has 1 aromatic heterocycles. The normalized spacial score (nSPS) is 10.1. The second-order valence-electron chi connectivity index (χ2n) is 4.39. The van der Waals surface area contributed by atoms with E-state index in [1.165, 1.54) is 13.8 Å². The van der Waals surface area contributed by atoms with Crippen molar-refractivity contribution >= 4 is 23.9 Å². The molecule has 1 rings (SSSR count). The van der Waals surface area contributed by atoms with Crippen LogP contribution >= 0.6 is 0 Å². The van der Waals surface area contributed by atoms with Gasteiger partial charge < -0.3 is 23.4 Å². The summed E-state index contributed by atoms with van der Waals surface area (Å²) in [6.07, 6.45) is 0. The average molecular weight is 356 g/mol. The van der Waals surface area contributed by atoms with Crippen LogP contribution in [0.5, 0.6) is 0 Å². The van der Waals surface area contributed by atoms with Crippen molar-refractivity contribution in [2.75, 3.05) is 26.4 Å². The van der Waals surface area contributed by atoms with Gasteiger partial charge in [-0.2, -0.15) is 0 Å². The van der Waals surface area contributed by atoms with Gasteiger partial charge >= 0.3 is 23.9 Å². The molecule has 138 valence electrons. The van der Waals surface area contributed by atoms with Crippen LogP contribution in [-0.4, -0.2) is 50.3 Å². The molecule has 0 spiro atoms. The van der Waals surface area contributed by atoms with E-state index in [1.807, 2.05) is 0 Å². The zero-order valence-corrected chi connectivity index (χ0v) is 14.5. The van der Waals surface area contributed by atoms with Gasteiger partial charge in [0.25, 0.3) is 0 Å². The summed E-state index contributed by atoms with van der Waals surface area (Å²) in [6.45, 7) is 6.10. The van der Waals surface area contributed by atoms with Crippen LogP contribution < -0.4 is 0 Å². The lowest BCUT2D eigenvalue weighted by Crippen LogP contribution is -2.18. The molecule has 1 aromatic rings. The fourth-order valence-electron chi connectivity index (χ4n) is 1.91. The highest BCUT2D eigenvalue weighted by atomic mass is 16.6. The van der Waals surface area contributed by atoms with Gasteiger partial charge in [0.05, 0.1) is 26.4 Å². The van der Waals surface area contributed by atoms with E-state index in [2.05, 4.69) is 0 Å². The minimum Gasteiger partial charge on any atom is -0.462 e. The molecule has 0 atom stereocenters. The SMILES string of the molecule is CCOC(=O)c1oc(C(=O)OCC)c(C(=O)OCC)c1C(=O)OCC. The number of ether oxygens (including phenoxy) is 4. The Morgan fingerprint density at radius 2 is 0.880 bits per heavy atom. The molecule has 0 saturated carbocycles. The van der Waals surface area contributed by atoms with Gasteiger partial charge in [0.1, 0.15) is 11.1 Å². The van der Waals surface area contributed by atoms with Crippen molar-refractivity contribution < 1.29 is 42.5 Å². The average Bonchev–Trinajstić information content (AvgIpc) is 2.96. The summed E-state index contributed by atoms with van der Waals surface area (Å²) in [5.74, 6) is -5.32. The van der Waals surface area contributed by atoms with Crippen LogP contribution in [0.4, 0.5) is 0 Å². The second kappa shape index (κ2) is 9.45. The van der Waals surface area contributed by atoms with Crippen LogP contribution in [0.15, 0.2) is 4.42 Å². The van der Waals surface area contributed by atoms with Crippen molar-refractivity contribution in [1.29, 1.82) is 0 Å². The number of hydrogen-bond donors (Lipinski definition) is 0. The molecule has 0 saturated heterocycles. The molecule has 0 fully saturated rings. The predicted molar refractivity (Wildman–Crippen MR) is 82.5 cm³/mol. The van der Waals surface area contributed by atoms with Gasteiger partial charge in [-0.1, -0.05) is 0 Å². The third kappa shape index (κ3) is 4.59. The van der Waals surface area contributed by atoms with Gasteiger partial charge in [-0.15, -0.1) is 0 Å². The summed E-state index contributed by atoms with van der Waals surface area (Å²) < 4.78 is 24.5. The number of furan rings is 1. The molecule has 0 unspecified atom stereocenters. The minimum atomic E-state index is -1.02.